The summed E-state index contributed by atoms with van der Waals surface area (Å²) in [5.41, 5.74) is 3.26. The first kappa shape index (κ1) is 14.2. The molecule has 0 bridgehead atoms. The summed E-state index contributed by atoms with van der Waals surface area (Å²) in [6.07, 6.45) is 1.74. The van der Waals surface area contributed by atoms with E-state index >= 15 is 0 Å². The van der Waals surface area contributed by atoms with Crippen molar-refractivity contribution in [1.29, 1.82) is 0 Å². The minimum absolute atomic E-state index is 0.0150. The molecule has 106 valence electrons. The lowest BCUT2D eigenvalue weighted by molar-refractivity contribution is 0.0749. The van der Waals surface area contributed by atoms with E-state index in [-0.39, 0.29) is 5.91 Å². The first-order valence-corrected chi connectivity index (χ1v) is 6.74. The summed E-state index contributed by atoms with van der Waals surface area (Å²) in [7, 11) is 1.86. The highest BCUT2D eigenvalue weighted by molar-refractivity contribution is 5.96. The Bertz CT molecular complexity index is 604. The molecule has 2 aromatic rings. The van der Waals surface area contributed by atoms with Crippen LogP contribution in [0.15, 0.2) is 24.4 Å². The number of amides is 1. The maximum atomic E-state index is 12.7. The molecule has 5 heteroatoms. The van der Waals surface area contributed by atoms with Gasteiger partial charge in [-0.25, -0.2) is 0 Å². The van der Waals surface area contributed by atoms with Crippen LogP contribution in [0.1, 0.15) is 34.4 Å². The van der Waals surface area contributed by atoms with Crippen LogP contribution in [0.25, 0.3) is 0 Å². The average molecular weight is 272 g/mol. The van der Waals surface area contributed by atoms with E-state index in [1.807, 2.05) is 46.0 Å². The zero-order valence-corrected chi connectivity index (χ0v) is 12.4. The van der Waals surface area contributed by atoms with Gasteiger partial charge in [0.15, 0.2) is 0 Å². The van der Waals surface area contributed by atoms with Crippen molar-refractivity contribution in [3.8, 4) is 0 Å². The van der Waals surface area contributed by atoms with Crippen LogP contribution in [0.4, 0.5) is 0 Å². The second-order valence-corrected chi connectivity index (χ2v) is 4.81. The average Bonchev–Trinajstić information content (AvgIpc) is 2.70. The Kier molecular flexibility index (Phi) is 4.17. The van der Waals surface area contributed by atoms with E-state index in [4.69, 9.17) is 0 Å². The van der Waals surface area contributed by atoms with E-state index in [1.54, 1.807) is 15.8 Å². The predicted octanol–water partition coefficient (Wildman–Crippen LogP) is 2.09. The van der Waals surface area contributed by atoms with Crippen LogP contribution in [0, 0.1) is 13.8 Å². The molecule has 5 nitrogen and oxygen atoms in total. The summed E-state index contributed by atoms with van der Waals surface area (Å²) in [5, 5.41) is 4.31. The highest BCUT2D eigenvalue weighted by Gasteiger charge is 2.22. The minimum atomic E-state index is 0.0150. The van der Waals surface area contributed by atoms with Crippen LogP contribution >= 0.6 is 0 Å². The van der Waals surface area contributed by atoms with Crippen molar-refractivity contribution in [1.82, 2.24) is 19.7 Å². The first-order chi connectivity index (χ1) is 9.54. The summed E-state index contributed by atoms with van der Waals surface area (Å²) in [5.74, 6) is 0.0150. The van der Waals surface area contributed by atoms with Gasteiger partial charge in [0, 0.05) is 25.5 Å². The van der Waals surface area contributed by atoms with E-state index in [2.05, 4.69) is 10.1 Å². The topological polar surface area (TPSA) is 51.0 Å². The lowest BCUT2D eigenvalue weighted by Crippen LogP contribution is -2.31. The van der Waals surface area contributed by atoms with Gasteiger partial charge in [-0.1, -0.05) is 6.07 Å². The molecule has 2 heterocycles. The van der Waals surface area contributed by atoms with Crippen molar-refractivity contribution in [2.24, 2.45) is 7.05 Å². The Balaban J connectivity index is 2.25. The van der Waals surface area contributed by atoms with Crippen LogP contribution < -0.4 is 0 Å². The van der Waals surface area contributed by atoms with Crippen LogP contribution in [0.5, 0.6) is 0 Å². The smallest absolute Gasteiger partial charge is 0.257 e. The third-order valence-corrected chi connectivity index (χ3v) is 3.47. The van der Waals surface area contributed by atoms with Crippen LogP contribution in [0.2, 0.25) is 0 Å². The molecule has 0 aliphatic rings. The van der Waals surface area contributed by atoms with E-state index in [9.17, 15) is 4.79 Å². The molecule has 0 aromatic carbocycles. The first-order valence-electron chi connectivity index (χ1n) is 6.74. The largest absolute Gasteiger partial charge is 0.333 e. The number of aryl methyl sites for hydroxylation is 2. The molecule has 2 aromatic heterocycles. The normalized spacial score (nSPS) is 10.6. The lowest BCUT2D eigenvalue weighted by Gasteiger charge is -2.20. The van der Waals surface area contributed by atoms with Crippen molar-refractivity contribution >= 4 is 5.91 Å². The number of aromatic nitrogens is 3. The van der Waals surface area contributed by atoms with Crippen LogP contribution in [0.3, 0.4) is 0 Å². The Labute approximate surface area is 119 Å². The predicted molar refractivity (Wildman–Crippen MR) is 77.3 cm³/mol. The molecule has 0 spiro atoms. The molecule has 0 N–H and O–H groups in total. The Morgan fingerprint density at radius 2 is 2.10 bits per heavy atom. The monoisotopic (exact) mass is 272 g/mol. The molecule has 0 radical (unpaired) electrons. The molecule has 2 rings (SSSR count). The van der Waals surface area contributed by atoms with Crippen molar-refractivity contribution in [2.45, 2.75) is 27.3 Å². The molecule has 0 saturated heterocycles. The third kappa shape index (κ3) is 2.71. The summed E-state index contributed by atoms with van der Waals surface area (Å²) in [4.78, 5) is 18.7. The molecule has 1 amide bonds. The number of pyridine rings is 1. The lowest BCUT2D eigenvalue weighted by atomic mass is 10.1. The maximum absolute atomic E-state index is 12.7. The molecule has 0 aliphatic carbocycles. The van der Waals surface area contributed by atoms with Gasteiger partial charge >= 0.3 is 0 Å². The van der Waals surface area contributed by atoms with Gasteiger partial charge in [0.1, 0.15) is 0 Å². The highest BCUT2D eigenvalue weighted by atomic mass is 16.2. The quantitative estimate of drug-likeness (QED) is 0.856. The molecule has 0 aliphatic heterocycles. The van der Waals surface area contributed by atoms with Crippen LogP contribution in [-0.4, -0.2) is 32.1 Å². The van der Waals surface area contributed by atoms with Crippen LogP contribution in [-0.2, 0) is 13.6 Å². The van der Waals surface area contributed by atoms with Crippen molar-refractivity contribution in [3.05, 3.63) is 47.0 Å². The van der Waals surface area contributed by atoms with Gasteiger partial charge < -0.3 is 4.90 Å². The van der Waals surface area contributed by atoms with Gasteiger partial charge in [-0.05, 0) is 32.9 Å². The maximum Gasteiger partial charge on any atom is 0.257 e. The zero-order chi connectivity index (χ0) is 14.7. The molecular formula is C15H20N4O. The zero-order valence-electron chi connectivity index (χ0n) is 12.4. The molecule has 0 fully saturated rings. The second kappa shape index (κ2) is 5.86. The van der Waals surface area contributed by atoms with Gasteiger partial charge in [0.2, 0.25) is 0 Å². The van der Waals surface area contributed by atoms with Crippen molar-refractivity contribution in [3.63, 3.8) is 0 Å². The fraction of sp³-hybridized carbons (Fsp3) is 0.400. The van der Waals surface area contributed by atoms with Gasteiger partial charge in [0.05, 0.1) is 23.5 Å². The SMILES string of the molecule is CCN(Cc1ccccn1)C(=O)c1c(C)nn(C)c1C. The molecular weight excluding hydrogens is 252 g/mol. The summed E-state index contributed by atoms with van der Waals surface area (Å²) in [6, 6.07) is 5.73. The second-order valence-electron chi connectivity index (χ2n) is 4.81. The molecule has 0 unspecified atom stereocenters. The fourth-order valence-corrected chi connectivity index (χ4v) is 2.26. The molecule has 0 saturated carbocycles. The Morgan fingerprint density at radius 1 is 1.35 bits per heavy atom. The fourth-order valence-electron chi connectivity index (χ4n) is 2.26. The van der Waals surface area contributed by atoms with Crippen molar-refractivity contribution in [2.75, 3.05) is 6.54 Å². The highest BCUT2D eigenvalue weighted by Crippen LogP contribution is 2.16. The van der Waals surface area contributed by atoms with Gasteiger partial charge in [-0.15, -0.1) is 0 Å². The van der Waals surface area contributed by atoms with Crippen molar-refractivity contribution < 1.29 is 4.79 Å². The van der Waals surface area contributed by atoms with E-state index in [1.165, 1.54) is 0 Å². The van der Waals surface area contributed by atoms with E-state index < -0.39 is 0 Å². The van der Waals surface area contributed by atoms with E-state index in [0.29, 0.717) is 18.7 Å². The standard InChI is InChI=1S/C15H20N4O/c1-5-19(10-13-8-6-7-9-16-13)15(20)14-11(2)17-18(4)12(14)3/h6-9H,5,10H2,1-4H3. The molecule has 0 atom stereocenters. The number of nitrogens with zero attached hydrogens (tertiary/aromatic N) is 4. The Hall–Kier alpha value is -2.17. The summed E-state index contributed by atoms with van der Waals surface area (Å²) >= 11 is 0. The number of rotatable bonds is 4. The number of carbonyl (C=O) groups is 1. The summed E-state index contributed by atoms with van der Waals surface area (Å²) in [6.45, 7) is 6.92. The molecule has 20 heavy (non-hydrogen) atoms. The van der Waals surface area contributed by atoms with Gasteiger partial charge in [-0.2, -0.15) is 5.10 Å². The number of hydrogen-bond donors (Lipinski definition) is 0. The number of hydrogen-bond acceptors (Lipinski definition) is 3. The Morgan fingerprint density at radius 3 is 2.60 bits per heavy atom. The van der Waals surface area contributed by atoms with Gasteiger partial charge in [0.25, 0.3) is 5.91 Å². The third-order valence-electron chi connectivity index (χ3n) is 3.47. The number of carbonyl (C=O) groups excluding carboxylic acids is 1. The van der Waals surface area contributed by atoms with Gasteiger partial charge in [-0.3, -0.25) is 14.5 Å². The minimum Gasteiger partial charge on any atom is -0.333 e. The van der Waals surface area contributed by atoms with E-state index in [0.717, 1.165) is 17.1 Å². The summed E-state index contributed by atoms with van der Waals surface area (Å²) < 4.78 is 1.75.